The Morgan fingerprint density at radius 3 is 2.65 bits per heavy atom. The number of methoxy groups -OCH3 is 1. The molecule has 1 aromatic carbocycles. The molecule has 0 saturated carbocycles. The summed E-state index contributed by atoms with van der Waals surface area (Å²) in [4.78, 5) is 9.58. The van der Waals surface area contributed by atoms with Crippen LogP contribution in [-0.4, -0.2) is 17.1 Å². The SMILES string of the molecule is COc1ccc(Sc2nccc(CN)n2)cc1. The van der Waals surface area contributed by atoms with Gasteiger partial charge in [-0.1, -0.05) is 0 Å². The molecule has 0 radical (unpaired) electrons. The summed E-state index contributed by atoms with van der Waals surface area (Å²) in [7, 11) is 1.65. The van der Waals surface area contributed by atoms with Gasteiger partial charge in [0, 0.05) is 17.6 Å². The third-order valence-electron chi connectivity index (χ3n) is 2.17. The molecule has 0 amide bonds. The molecule has 88 valence electrons. The van der Waals surface area contributed by atoms with Gasteiger partial charge in [-0.3, -0.25) is 0 Å². The number of nitrogens with two attached hydrogens (primary N) is 1. The highest BCUT2D eigenvalue weighted by Crippen LogP contribution is 2.26. The monoisotopic (exact) mass is 247 g/mol. The summed E-state index contributed by atoms with van der Waals surface area (Å²) in [6, 6.07) is 9.59. The molecule has 0 unspecified atom stereocenters. The first-order valence-electron chi connectivity index (χ1n) is 5.15. The van der Waals surface area contributed by atoms with Crippen LogP contribution in [0.5, 0.6) is 5.75 Å². The van der Waals surface area contributed by atoms with Crippen molar-refractivity contribution in [3.8, 4) is 5.75 Å². The highest BCUT2D eigenvalue weighted by molar-refractivity contribution is 7.99. The number of hydrogen-bond donors (Lipinski definition) is 1. The quantitative estimate of drug-likeness (QED) is 0.838. The molecule has 0 aliphatic heterocycles. The maximum Gasteiger partial charge on any atom is 0.192 e. The molecule has 5 heteroatoms. The topological polar surface area (TPSA) is 61.0 Å². The molecule has 2 N–H and O–H groups in total. The van der Waals surface area contributed by atoms with Crippen LogP contribution in [0.2, 0.25) is 0 Å². The molecule has 17 heavy (non-hydrogen) atoms. The summed E-state index contributed by atoms with van der Waals surface area (Å²) in [6.07, 6.45) is 1.72. The van der Waals surface area contributed by atoms with Gasteiger partial charge in [0.1, 0.15) is 5.75 Å². The van der Waals surface area contributed by atoms with Crippen molar-refractivity contribution in [2.24, 2.45) is 5.73 Å². The van der Waals surface area contributed by atoms with E-state index in [-0.39, 0.29) is 0 Å². The van der Waals surface area contributed by atoms with E-state index in [9.17, 15) is 0 Å². The Morgan fingerprint density at radius 2 is 2.00 bits per heavy atom. The van der Waals surface area contributed by atoms with Crippen LogP contribution in [0.15, 0.2) is 46.6 Å². The van der Waals surface area contributed by atoms with Gasteiger partial charge in [0.05, 0.1) is 12.8 Å². The van der Waals surface area contributed by atoms with E-state index in [1.165, 1.54) is 11.8 Å². The van der Waals surface area contributed by atoms with Crippen LogP contribution in [0.1, 0.15) is 5.69 Å². The number of benzene rings is 1. The third kappa shape index (κ3) is 3.18. The lowest BCUT2D eigenvalue weighted by Crippen LogP contribution is -2.00. The van der Waals surface area contributed by atoms with Crippen molar-refractivity contribution < 1.29 is 4.74 Å². The maximum atomic E-state index is 5.53. The zero-order valence-corrected chi connectivity index (χ0v) is 10.3. The summed E-state index contributed by atoms with van der Waals surface area (Å²) in [5, 5.41) is 0.707. The molecule has 0 atom stereocenters. The molecule has 0 fully saturated rings. The van der Waals surface area contributed by atoms with Crippen molar-refractivity contribution in [3.05, 3.63) is 42.2 Å². The first kappa shape index (κ1) is 11.9. The van der Waals surface area contributed by atoms with Gasteiger partial charge < -0.3 is 10.5 Å². The normalized spacial score (nSPS) is 10.2. The highest BCUT2D eigenvalue weighted by atomic mass is 32.2. The second kappa shape index (κ2) is 5.65. The van der Waals surface area contributed by atoms with Gasteiger partial charge in [-0.2, -0.15) is 0 Å². The van der Waals surface area contributed by atoms with Crippen LogP contribution in [0.4, 0.5) is 0 Å². The molecule has 0 spiro atoms. The number of ether oxygens (including phenoxy) is 1. The van der Waals surface area contributed by atoms with Crippen molar-refractivity contribution in [2.75, 3.05) is 7.11 Å². The lowest BCUT2D eigenvalue weighted by molar-refractivity contribution is 0.414. The standard InChI is InChI=1S/C12H13N3OS/c1-16-10-2-4-11(5-3-10)17-12-14-7-6-9(8-13)15-12/h2-7H,8,13H2,1H3. The molecule has 2 rings (SSSR count). The van der Waals surface area contributed by atoms with Crippen molar-refractivity contribution in [2.45, 2.75) is 16.6 Å². The van der Waals surface area contributed by atoms with E-state index < -0.39 is 0 Å². The van der Waals surface area contributed by atoms with Crippen LogP contribution >= 0.6 is 11.8 Å². The van der Waals surface area contributed by atoms with Crippen molar-refractivity contribution in [3.63, 3.8) is 0 Å². The molecular formula is C12H13N3OS. The summed E-state index contributed by atoms with van der Waals surface area (Å²) in [5.41, 5.74) is 6.38. The van der Waals surface area contributed by atoms with Gasteiger partial charge in [-0.25, -0.2) is 9.97 Å². The van der Waals surface area contributed by atoms with Crippen LogP contribution in [-0.2, 0) is 6.54 Å². The summed E-state index contributed by atoms with van der Waals surface area (Å²) < 4.78 is 5.10. The maximum absolute atomic E-state index is 5.53. The number of rotatable bonds is 4. The van der Waals surface area contributed by atoms with Crippen LogP contribution in [0, 0.1) is 0 Å². The minimum Gasteiger partial charge on any atom is -0.497 e. The average molecular weight is 247 g/mol. The third-order valence-corrected chi connectivity index (χ3v) is 3.06. The number of hydrogen-bond acceptors (Lipinski definition) is 5. The Kier molecular flexibility index (Phi) is 3.95. The predicted octanol–water partition coefficient (Wildman–Crippen LogP) is 2.10. The van der Waals surface area contributed by atoms with E-state index in [2.05, 4.69) is 9.97 Å². The fourth-order valence-corrected chi connectivity index (χ4v) is 2.05. The first-order chi connectivity index (χ1) is 8.31. The van der Waals surface area contributed by atoms with Gasteiger partial charge in [-0.15, -0.1) is 0 Å². The van der Waals surface area contributed by atoms with Crippen LogP contribution in [0.3, 0.4) is 0 Å². The van der Waals surface area contributed by atoms with Crippen molar-refractivity contribution >= 4 is 11.8 Å². The highest BCUT2D eigenvalue weighted by Gasteiger charge is 2.01. The van der Waals surface area contributed by atoms with E-state index in [4.69, 9.17) is 10.5 Å². The molecule has 0 bridgehead atoms. The molecule has 0 aliphatic rings. The lowest BCUT2D eigenvalue weighted by Gasteiger charge is -2.03. The molecular weight excluding hydrogens is 234 g/mol. The van der Waals surface area contributed by atoms with E-state index in [0.717, 1.165) is 16.3 Å². The molecule has 1 aromatic heterocycles. The Balaban J connectivity index is 2.13. The minimum atomic E-state index is 0.429. The Hall–Kier alpha value is -1.59. The zero-order valence-electron chi connectivity index (χ0n) is 9.46. The zero-order chi connectivity index (χ0) is 12.1. The van der Waals surface area contributed by atoms with Crippen LogP contribution in [0.25, 0.3) is 0 Å². The van der Waals surface area contributed by atoms with Crippen molar-refractivity contribution in [1.29, 1.82) is 0 Å². The fraction of sp³-hybridized carbons (Fsp3) is 0.167. The Morgan fingerprint density at radius 1 is 1.24 bits per heavy atom. The van der Waals surface area contributed by atoms with Crippen molar-refractivity contribution in [1.82, 2.24) is 9.97 Å². The molecule has 2 aromatic rings. The van der Waals surface area contributed by atoms with Crippen LogP contribution < -0.4 is 10.5 Å². The number of nitrogens with zero attached hydrogens (tertiary/aromatic N) is 2. The van der Waals surface area contributed by atoms with E-state index >= 15 is 0 Å². The predicted molar refractivity (Wildman–Crippen MR) is 67.0 cm³/mol. The second-order valence-corrected chi connectivity index (χ2v) is 4.35. The average Bonchev–Trinajstić information content (AvgIpc) is 2.40. The Bertz CT molecular complexity index is 487. The van der Waals surface area contributed by atoms with E-state index in [1.54, 1.807) is 13.3 Å². The minimum absolute atomic E-state index is 0.429. The summed E-state index contributed by atoms with van der Waals surface area (Å²) in [5.74, 6) is 0.839. The first-order valence-corrected chi connectivity index (χ1v) is 5.97. The molecule has 4 nitrogen and oxygen atoms in total. The second-order valence-electron chi connectivity index (χ2n) is 3.31. The van der Waals surface area contributed by atoms with E-state index in [0.29, 0.717) is 11.7 Å². The van der Waals surface area contributed by atoms with Gasteiger partial charge in [0.15, 0.2) is 5.16 Å². The fourth-order valence-electron chi connectivity index (χ4n) is 1.29. The lowest BCUT2D eigenvalue weighted by atomic mass is 10.3. The van der Waals surface area contributed by atoms with Gasteiger partial charge in [0.25, 0.3) is 0 Å². The van der Waals surface area contributed by atoms with E-state index in [1.807, 2.05) is 30.3 Å². The smallest absolute Gasteiger partial charge is 0.192 e. The summed E-state index contributed by atoms with van der Waals surface area (Å²) >= 11 is 1.50. The summed E-state index contributed by atoms with van der Waals surface area (Å²) in [6.45, 7) is 0.429. The molecule has 0 aliphatic carbocycles. The molecule has 1 heterocycles. The Labute approximate surface area is 104 Å². The van der Waals surface area contributed by atoms with Gasteiger partial charge >= 0.3 is 0 Å². The largest absolute Gasteiger partial charge is 0.497 e. The van der Waals surface area contributed by atoms with Gasteiger partial charge in [0.2, 0.25) is 0 Å². The molecule has 0 saturated heterocycles. The van der Waals surface area contributed by atoms with Gasteiger partial charge in [-0.05, 0) is 42.1 Å². The number of aromatic nitrogens is 2.